The second-order valence-corrected chi connectivity index (χ2v) is 9.95. The van der Waals surface area contributed by atoms with E-state index in [1.807, 2.05) is 26.0 Å². The van der Waals surface area contributed by atoms with E-state index in [0.717, 1.165) is 15.4 Å². The Hall–Kier alpha value is -2.38. The first-order valence-electron chi connectivity index (χ1n) is 9.53. The van der Waals surface area contributed by atoms with Crippen LogP contribution < -0.4 is 5.32 Å². The number of aryl methyl sites for hydroxylation is 2. The summed E-state index contributed by atoms with van der Waals surface area (Å²) in [5.74, 6) is -0.451. The van der Waals surface area contributed by atoms with Gasteiger partial charge in [-0.1, -0.05) is 47.5 Å². The Balaban J connectivity index is 1.89. The normalized spacial score (nSPS) is 11.5. The van der Waals surface area contributed by atoms with Gasteiger partial charge >= 0.3 is 0 Å². The van der Waals surface area contributed by atoms with Crippen LogP contribution in [0.1, 0.15) is 16.7 Å². The Morgan fingerprint density at radius 2 is 1.61 bits per heavy atom. The highest BCUT2D eigenvalue weighted by Crippen LogP contribution is 2.24. The zero-order chi connectivity index (χ0) is 22.6. The number of benzene rings is 3. The zero-order valence-electron chi connectivity index (χ0n) is 17.1. The minimum atomic E-state index is -3.98. The van der Waals surface area contributed by atoms with Gasteiger partial charge in [-0.25, -0.2) is 8.42 Å². The molecule has 0 aliphatic heterocycles. The zero-order valence-corrected chi connectivity index (χ0v) is 19.4. The lowest BCUT2D eigenvalue weighted by Gasteiger charge is -2.22. The van der Waals surface area contributed by atoms with E-state index in [0.29, 0.717) is 21.3 Å². The van der Waals surface area contributed by atoms with E-state index in [4.69, 9.17) is 23.2 Å². The summed E-state index contributed by atoms with van der Waals surface area (Å²) in [7, 11) is -3.98. The Morgan fingerprint density at radius 3 is 2.26 bits per heavy atom. The molecule has 0 unspecified atom stereocenters. The summed E-state index contributed by atoms with van der Waals surface area (Å²) in [6.45, 7) is 3.50. The number of nitrogens with zero attached hydrogens (tertiary/aromatic N) is 1. The molecule has 1 amide bonds. The highest BCUT2D eigenvalue weighted by molar-refractivity contribution is 7.89. The number of hydrogen-bond donors (Lipinski definition) is 1. The van der Waals surface area contributed by atoms with Crippen molar-refractivity contribution in [1.29, 1.82) is 0 Å². The lowest BCUT2D eigenvalue weighted by Crippen LogP contribution is -2.37. The van der Waals surface area contributed by atoms with Crippen LogP contribution in [0.2, 0.25) is 10.0 Å². The van der Waals surface area contributed by atoms with E-state index in [9.17, 15) is 13.2 Å². The van der Waals surface area contributed by atoms with Gasteiger partial charge in [-0.2, -0.15) is 4.31 Å². The van der Waals surface area contributed by atoms with E-state index in [-0.39, 0.29) is 18.0 Å². The molecule has 0 spiro atoms. The molecule has 5 nitrogen and oxygen atoms in total. The highest BCUT2D eigenvalue weighted by atomic mass is 35.5. The first kappa shape index (κ1) is 23.3. The molecule has 0 bridgehead atoms. The fourth-order valence-electron chi connectivity index (χ4n) is 2.98. The minimum absolute atomic E-state index is 0.0444. The van der Waals surface area contributed by atoms with Crippen LogP contribution in [0.4, 0.5) is 5.69 Å². The maximum absolute atomic E-state index is 13.3. The van der Waals surface area contributed by atoms with Crippen LogP contribution in [-0.2, 0) is 21.4 Å². The third kappa shape index (κ3) is 5.86. The first-order chi connectivity index (χ1) is 14.7. The van der Waals surface area contributed by atoms with E-state index >= 15 is 0 Å². The van der Waals surface area contributed by atoms with Crippen molar-refractivity contribution in [2.24, 2.45) is 0 Å². The van der Waals surface area contributed by atoms with E-state index in [1.54, 1.807) is 30.3 Å². The molecule has 3 aromatic carbocycles. The lowest BCUT2D eigenvalue weighted by molar-refractivity contribution is -0.116. The van der Waals surface area contributed by atoms with Crippen LogP contribution in [0.15, 0.2) is 71.6 Å². The lowest BCUT2D eigenvalue weighted by atomic mass is 10.1. The van der Waals surface area contributed by atoms with Crippen LogP contribution in [0.3, 0.4) is 0 Å². The second-order valence-electron chi connectivity index (χ2n) is 7.17. The van der Waals surface area contributed by atoms with Gasteiger partial charge in [-0.3, -0.25) is 4.79 Å². The van der Waals surface area contributed by atoms with Crippen molar-refractivity contribution in [3.8, 4) is 0 Å². The van der Waals surface area contributed by atoms with Gasteiger partial charge in [0.05, 0.1) is 11.4 Å². The molecule has 1 N–H and O–H groups in total. The van der Waals surface area contributed by atoms with Crippen molar-refractivity contribution in [2.75, 3.05) is 11.9 Å². The summed E-state index contributed by atoms with van der Waals surface area (Å²) in [5, 5.41) is 3.62. The monoisotopic (exact) mass is 476 g/mol. The van der Waals surface area contributed by atoms with Crippen LogP contribution >= 0.6 is 23.2 Å². The van der Waals surface area contributed by atoms with Crippen molar-refractivity contribution in [1.82, 2.24) is 4.31 Å². The number of halogens is 2. The van der Waals surface area contributed by atoms with Gasteiger partial charge in [-0.15, -0.1) is 0 Å². The molecule has 3 rings (SSSR count). The molecule has 0 saturated heterocycles. The molecule has 0 aromatic heterocycles. The fraction of sp³-hybridized carbons (Fsp3) is 0.174. The summed E-state index contributed by atoms with van der Waals surface area (Å²) in [6.07, 6.45) is 0. The number of nitrogens with one attached hydrogen (secondary N) is 1. The van der Waals surface area contributed by atoms with Crippen molar-refractivity contribution in [3.63, 3.8) is 0 Å². The quantitative estimate of drug-likeness (QED) is 0.493. The molecule has 0 aliphatic rings. The molecule has 162 valence electrons. The predicted molar refractivity (Wildman–Crippen MR) is 125 cm³/mol. The molecular formula is C23H22Cl2N2O3S. The summed E-state index contributed by atoms with van der Waals surface area (Å²) in [4.78, 5) is 12.8. The molecule has 0 aliphatic carbocycles. The topological polar surface area (TPSA) is 66.5 Å². The Bertz CT molecular complexity index is 1200. The fourth-order valence-corrected chi connectivity index (χ4v) is 4.67. The summed E-state index contributed by atoms with van der Waals surface area (Å²) >= 11 is 12.1. The maximum Gasteiger partial charge on any atom is 0.243 e. The third-order valence-corrected chi connectivity index (χ3v) is 7.29. The van der Waals surface area contributed by atoms with Crippen molar-refractivity contribution < 1.29 is 13.2 Å². The number of hydrogen-bond acceptors (Lipinski definition) is 3. The summed E-state index contributed by atoms with van der Waals surface area (Å²) in [5.41, 5.74) is 3.33. The smallest absolute Gasteiger partial charge is 0.243 e. The molecule has 0 saturated carbocycles. The average Bonchev–Trinajstić information content (AvgIpc) is 2.72. The Kier molecular flexibility index (Phi) is 7.38. The third-order valence-electron chi connectivity index (χ3n) is 4.87. The molecule has 0 heterocycles. The van der Waals surface area contributed by atoms with Gasteiger partial charge in [0.15, 0.2) is 0 Å². The number of rotatable bonds is 7. The summed E-state index contributed by atoms with van der Waals surface area (Å²) in [6, 6.07) is 18.3. The van der Waals surface area contributed by atoms with E-state index in [1.165, 1.54) is 24.3 Å². The molecule has 3 aromatic rings. The molecule has 0 radical (unpaired) electrons. The number of carbonyl (C=O) groups is 1. The van der Waals surface area contributed by atoms with Crippen LogP contribution in [0, 0.1) is 13.8 Å². The van der Waals surface area contributed by atoms with Gasteiger partial charge in [0.25, 0.3) is 0 Å². The molecule has 0 atom stereocenters. The predicted octanol–water partition coefficient (Wildman–Crippen LogP) is 5.44. The Labute approximate surface area is 192 Å². The maximum atomic E-state index is 13.3. The van der Waals surface area contributed by atoms with Crippen LogP contribution in [0.25, 0.3) is 0 Å². The minimum Gasteiger partial charge on any atom is -0.325 e. The second kappa shape index (κ2) is 9.83. The van der Waals surface area contributed by atoms with Crippen LogP contribution in [-0.4, -0.2) is 25.2 Å². The van der Waals surface area contributed by atoms with Crippen molar-refractivity contribution in [2.45, 2.75) is 25.3 Å². The van der Waals surface area contributed by atoms with Crippen molar-refractivity contribution >= 4 is 44.8 Å². The Morgan fingerprint density at radius 1 is 0.935 bits per heavy atom. The molecule has 0 fully saturated rings. The van der Waals surface area contributed by atoms with E-state index in [2.05, 4.69) is 5.32 Å². The molecular weight excluding hydrogens is 455 g/mol. The van der Waals surface area contributed by atoms with E-state index < -0.39 is 15.9 Å². The standard InChI is InChI=1S/C23H22Cl2N2O3S/c1-16-7-10-20(13-17(16)2)26-23(28)15-27(14-18-5-3-4-6-22(18)25)31(29,30)21-11-8-19(24)9-12-21/h3-13H,14-15H2,1-2H3,(H,26,28). The van der Waals surface area contributed by atoms with Gasteiger partial charge in [-0.05, 0) is 73.0 Å². The molecule has 31 heavy (non-hydrogen) atoms. The average molecular weight is 477 g/mol. The first-order valence-corrected chi connectivity index (χ1v) is 11.7. The van der Waals surface area contributed by atoms with Gasteiger partial charge in [0.1, 0.15) is 0 Å². The van der Waals surface area contributed by atoms with Gasteiger partial charge < -0.3 is 5.32 Å². The number of amides is 1. The largest absolute Gasteiger partial charge is 0.325 e. The SMILES string of the molecule is Cc1ccc(NC(=O)CN(Cc2ccccc2Cl)S(=O)(=O)c2ccc(Cl)cc2)cc1C. The number of sulfonamides is 1. The van der Waals surface area contributed by atoms with Gasteiger partial charge in [0.2, 0.25) is 15.9 Å². The number of anilines is 1. The van der Waals surface area contributed by atoms with Crippen LogP contribution in [0.5, 0.6) is 0 Å². The summed E-state index contributed by atoms with van der Waals surface area (Å²) < 4.78 is 27.7. The van der Waals surface area contributed by atoms with Crippen molar-refractivity contribution in [3.05, 3.63) is 93.5 Å². The molecule has 8 heteroatoms. The highest BCUT2D eigenvalue weighted by Gasteiger charge is 2.27. The number of carbonyl (C=O) groups excluding carboxylic acids is 1. The van der Waals surface area contributed by atoms with Gasteiger partial charge in [0, 0.05) is 22.3 Å².